The van der Waals surface area contributed by atoms with Crippen LogP contribution in [0.2, 0.25) is 0 Å². The predicted octanol–water partition coefficient (Wildman–Crippen LogP) is 2.17. The van der Waals surface area contributed by atoms with E-state index in [1.165, 1.54) is 7.11 Å². The summed E-state index contributed by atoms with van der Waals surface area (Å²) in [6.07, 6.45) is -1.02. The Labute approximate surface area is 171 Å². The average molecular weight is 483 g/mol. The highest BCUT2D eigenvalue weighted by Gasteiger charge is 2.47. The first-order valence-electron chi connectivity index (χ1n) is 8.41. The van der Waals surface area contributed by atoms with E-state index in [-0.39, 0.29) is 23.7 Å². The van der Waals surface area contributed by atoms with Crippen molar-refractivity contribution in [2.24, 2.45) is 5.92 Å². The number of hydrogen-bond acceptors (Lipinski definition) is 8. The summed E-state index contributed by atoms with van der Waals surface area (Å²) in [6, 6.07) is 8.17. The third-order valence-corrected chi connectivity index (χ3v) is 7.22. The Bertz CT molecular complexity index is 686. The van der Waals surface area contributed by atoms with Gasteiger partial charge in [-0.25, -0.2) is 8.42 Å². The zero-order valence-electron chi connectivity index (χ0n) is 14.8. The largest absolute Gasteiger partial charge is 0.394 e. The van der Waals surface area contributed by atoms with Gasteiger partial charge in [0.25, 0.3) is 0 Å². The molecule has 1 heterocycles. The molecule has 1 saturated heterocycles. The van der Waals surface area contributed by atoms with E-state index < -0.39 is 40.2 Å². The number of aliphatic hydroxyl groups excluding tert-OH is 1. The van der Waals surface area contributed by atoms with Gasteiger partial charge >= 0.3 is 0 Å². The van der Waals surface area contributed by atoms with Crippen molar-refractivity contribution < 1.29 is 32.0 Å². The molecule has 0 saturated carbocycles. The van der Waals surface area contributed by atoms with Crippen LogP contribution in [-0.4, -0.2) is 63.7 Å². The first-order valence-corrected chi connectivity index (χ1v) is 12.6. The Kier molecular flexibility index (Phi) is 9.20. The molecule has 2 rings (SSSR count). The summed E-state index contributed by atoms with van der Waals surface area (Å²) in [5, 5.41) is 9.44. The van der Waals surface area contributed by atoms with Gasteiger partial charge in [0, 0.05) is 40.7 Å². The Hall–Kier alpha value is -0.490. The minimum absolute atomic E-state index is 0.0726. The van der Waals surface area contributed by atoms with Crippen molar-refractivity contribution in [3.8, 4) is 0 Å². The van der Waals surface area contributed by atoms with E-state index >= 15 is 0 Å². The number of sulfone groups is 1. The molecule has 10 heteroatoms. The Morgan fingerprint density at radius 2 is 2.04 bits per heavy atom. The molecule has 1 fully saturated rings. The van der Waals surface area contributed by atoms with Crippen molar-refractivity contribution in [1.82, 2.24) is 0 Å². The number of rotatable bonds is 11. The molecule has 1 aliphatic heterocycles. The van der Waals surface area contributed by atoms with Crippen LogP contribution in [0.4, 0.5) is 0 Å². The number of hydrogen-bond donors (Lipinski definition) is 1. The second-order valence-corrected chi connectivity index (χ2v) is 9.42. The van der Waals surface area contributed by atoms with Crippen molar-refractivity contribution in [2.75, 3.05) is 19.5 Å². The molecule has 0 aromatic heterocycles. The maximum Gasteiger partial charge on any atom is 0.178 e. The fourth-order valence-electron chi connectivity index (χ4n) is 3.37. The Morgan fingerprint density at radius 1 is 1.33 bits per heavy atom. The van der Waals surface area contributed by atoms with Gasteiger partial charge < -0.3 is 19.4 Å². The van der Waals surface area contributed by atoms with Crippen molar-refractivity contribution >= 4 is 41.4 Å². The number of aliphatic hydroxyl groups is 1. The molecule has 1 N–H and O–H groups in total. The van der Waals surface area contributed by atoms with Gasteiger partial charge in [-0.3, -0.25) is 4.18 Å². The van der Waals surface area contributed by atoms with E-state index in [0.29, 0.717) is 6.42 Å². The number of carbonyl (C=O) groups is 1. The van der Waals surface area contributed by atoms with Gasteiger partial charge in [0.1, 0.15) is 6.29 Å². The molecule has 0 amide bonds. The highest BCUT2D eigenvalue weighted by molar-refractivity contribution is 9.49. The highest BCUT2D eigenvalue weighted by Crippen LogP contribution is 2.36. The second-order valence-electron chi connectivity index (χ2n) is 6.27. The van der Waals surface area contributed by atoms with E-state index in [0.717, 1.165) is 16.8 Å². The quantitative estimate of drug-likeness (QED) is 0.378. The molecular formula is C17H23BrO7S2. The van der Waals surface area contributed by atoms with Crippen LogP contribution in [0.3, 0.4) is 0 Å². The average Bonchev–Trinajstić information content (AvgIpc) is 2.97. The first kappa shape index (κ1) is 22.8. The SMILES string of the molecule is CO[C@@H]1C(CS(=O)(=O)c2ccccc2)[C@H](CC=O)O[C@@H]1CC(CO)OSBr. The molecule has 0 aliphatic carbocycles. The molecule has 7 nitrogen and oxygen atoms in total. The minimum Gasteiger partial charge on any atom is -0.394 e. The highest BCUT2D eigenvalue weighted by atomic mass is 79.9. The number of benzene rings is 1. The van der Waals surface area contributed by atoms with Gasteiger partial charge in [-0.05, 0) is 12.1 Å². The van der Waals surface area contributed by atoms with Crippen LogP contribution in [0.1, 0.15) is 12.8 Å². The van der Waals surface area contributed by atoms with E-state index in [4.69, 9.17) is 13.7 Å². The standard InChI is InChI=1S/C17H23BrO7S2/c1-23-17-14(11-27(21,22)13-5-3-2-4-6-13)15(7-8-19)24-16(17)9-12(10-20)25-26-18/h2-6,8,12,14-17,20H,7,9-11H2,1H3/t12?,14?,15-,16+,17+/m0/s1. The van der Waals surface area contributed by atoms with Crippen molar-refractivity contribution in [3.05, 3.63) is 30.3 Å². The summed E-state index contributed by atoms with van der Waals surface area (Å²) in [4.78, 5) is 11.3. The van der Waals surface area contributed by atoms with E-state index in [9.17, 15) is 18.3 Å². The molecule has 0 spiro atoms. The molecule has 1 aliphatic rings. The summed E-state index contributed by atoms with van der Waals surface area (Å²) in [7, 11) is -1.14. The number of ether oxygens (including phenoxy) is 2. The van der Waals surface area contributed by atoms with Gasteiger partial charge in [-0.2, -0.15) is 0 Å². The lowest BCUT2D eigenvalue weighted by atomic mass is 9.94. The maximum atomic E-state index is 12.8. The number of halogens is 1. The summed E-state index contributed by atoms with van der Waals surface area (Å²) in [5.41, 5.74) is 0. The predicted molar refractivity (Wildman–Crippen MR) is 105 cm³/mol. The topological polar surface area (TPSA) is 99.1 Å². The van der Waals surface area contributed by atoms with Crippen LogP contribution in [0.25, 0.3) is 0 Å². The van der Waals surface area contributed by atoms with E-state index in [2.05, 4.69) is 14.8 Å². The van der Waals surface area contributed by atoms with E-state index in [1.54, 1.807) is 30.3 Å². The van der Waals surface area contributed by atoms with Crippen LogP contribution in [0.5, 0.6) is 0 Å². The van der Waals surface area contributed by atoms with Crippen LogP contribution in [0.15, 0.2) is 35.2 Å². The van der Waals surface area contributed by atoms with Gasteiger partial charge in [-0.15, -0.1) is 0 Å². The van der Waals surface area contributed by atoms with Crippen molar-refractivity contribution in [2.45, 2.75) is 42.2 Å². The van der Waals surface area contributed by atoms with Crippen LogP contribution in [-0.2, 0) is 28.3 Å². The summed E-state index contributed by atoms with van der Waals surface area (Å²) in [6.45, 7) is -0.222. The lowest BCUT2D eigenvalue weighted by molar-refractivity contribution is -0.110. The normalized spacial score (nSPS) is 26.8. The molecule has 27 heavy (non-hydrogen) atoms. The molecule has 0 bridgehead atoms. The molecule has 0 radical (unpaired) electrons. The fourth-order valence-corrected chi connectivity index (χ4v) is 5.93. The third kappa shape index (κ3) is 5.99. The molecule has 2 unspecified atom stereocenters. The Balaban J connectivity index is 2.22. The molecule has 5 atom stereocenters. The summed E-state index contributed by atoms with van der Waals surface area (Å²) < 4.78 is 42.4. The van der Waals surface area contributed by atoms with Crippen molar-refractivity contribution in [3.63, 3.8) is 0 Å². The maximum absolute atomic E-state index is 12.8. The van der Waals surface area contributed by atoms with Crippen LogP contribution >= 0.6 is 25.3 Å². The summed E-state index contributed by atoms with van der Waals surface area (Å²) >= 11 is 3.07. The number of aldehydes is 1. The fraction of sp³-hybridized carbons (Fsp3) is 0.588. The van der Waals surface area contributed by atoms with Crippen LogP contribution in [0, 0.1) is 5.92 Å². The lowest BCUT2D eigenvalue weighted by Crippen LogP contribution is -2.36. The van der Waals surface area contributed by atoms with Gasteiger partial charge in [0.05, 0.1) is 52.1 Å². The molecule has 1 aromatic rings. The van der Waals surface area contributed by atoms with Gasteiger partial charge in [0.15, 0.2) is 9.84 Å². The van der Waals surface area contributed by atoms with Gasteiger partial charge in [0.2, 0.25) is 0 Å². The molecule has 1 aromatic carbocycles. The number of carbonyl (C=O) groups excluding carboxylic acids is 1. The van der Waals surface area contributed by atoms with Gasteiger partial charge in [-0.1, -0.05) is 18.2 Å². The zero-order chi connectivity index (χ0) is 19.9. The zero-order valence-corrected chi connectivity index (χ0v) is 18.0. The second kappa shape index (κ2) is 10.9. The lowest BCUT2D eigenvalue weighted by Gasteiger charge is -2.24. The van der Waals surface area contributed by atoms with Crippen LogP contribution < -0.4 is 0 Å². The number of methoxy groups -OCH3 is 1. The molecule has 152 valence electrons. The first-order chi connectivity index (χ1) is 13.0. The minimum atomic E-state index is -3.57. The van der Waals surface area contributed by atoms with E-state index in [1.807, 2.05) is 0 Å². The third-order valence-electron chi connectivity index (χ3n) is 4.60. The summed E-state index contributed by atoms with van der Waals surface area (Å²) in [5.74, 6) is -0.700. The Morgan fingerprint density at radius 3 is 2.59 bits per heavy atom. The smallest absolute Gasteiger partial charge is 0.178 e. The monoisotopic (exact) mass is 482 g/mol. The molecular weight excluding hydrogens is 460 g/mol. The van der Waals surface area contributed by atoms with Crippen molar-refractivity contribution in [1.29, 1.82) is 0 Å².